The summed E-state index contributed by atoms with van der Waals surface area (Å²) in [5.41, 5.74) is 15.9. The number of benzene rings is 2. The number of rotatable bonds is 4. The number of nitrogens with two attached hydrogens (primary N) is 3. The fourth-order valence-electron chi connectivity index (χ4n) is 1.74. The molecule has 0 fully saturated rings. The maximum absolute atomic E-state index is 13.6. The summed E-state index contributed by atoms with van der Waals surface area (Å²) >= 11 is 0. The number of ether oxygens (including phenoxy) is 1. The maximum atomic E-state index is 13.6. The number of nitrogen functional groups attached to an aromatic ring is 1. The van der Waals surface area contributed by atoms with Crippen LogP contribution in [0.5, 0.6) is 11.5 Å². The number of primary amides is 2. The minimum atomic E-state index is -0.963. The monoisotopic (exact) mass is 289 g/mol. The van der Waals surface area contributed by atoms with Gasteiger partial charge in [0.1, 0.15) is 22.9 Å². The number of hydrogen-bond donors (Lipinski definition) is 3. The van der Waals surface area contributed by atoms with Crippen LogP contribution in [0.4, 0.5) is 10.1 Å². The minimum absolute atomic E-state index is 0.0685. The molecule has 0 aliphatic rings. The summed E-state index contributed by atoms with van der Waals surface area (Å²) in [6, 6.07) is 7.95. The van der Waals surface area contributed by atoms with Crippen LogP contribution in [0.2, 0.25) is 0 Å². The Kier molecular flexibility index (Phi) is 3.75. The van der Waals surface area contributed by atoms with Crippen LogP contribution in [-0.2, 0) is 0 Å². The van der Waals surface area contributed by atoms with Gasteiger partial charge in [-0.15, -0.1) is 0 Å². The fraction of sp³-hybridized carbons (Fsp3) is 0. The van der Waals surface area contributed by atoms with Crippen LogP contribution in [0.1, 0.15) is 20.7 Å². The van der Waals surface area contributed by atoms with Crippen LogP contribution in [0.15, 0.2) is 36.4 Å². The van der Waals surface area contributed by atoms with E-state index in [0.717, 1.165) is 6.07 Å². The second kappa shape index (κ2) is 5.49. The predicted octanol–water partition coefficient (Wildman–Crippen LogP) is 1.40. The van der Waals surface area contributed by atoms with E-state index in [1.165, 1.54) is 30.3 Å². The van der Waals surface area contributed by atoms with Crippen LogP contribution in [0.3, 0.4) is 0 Å². The number of halogens is 1. The number of amides is 2. The van der Waals surface area contributed by atoms with Crippen molar-refractivity contribution in [2.75, 3.05) is 5.73 Å². The van der Waals surface area contributed by atoms with E-state index in [1.807, 2.05) is 0 Å². The number of carbonyl (C=O) groups excluding carboxylic acids is 2. The van der Waals surface area contributed by atoms with Crippen molar-refractivity contribution in [3.05, 3.63) is 53.3 Å². The first kappa shape index (κ1) is 14.3. The van der Waals surface area contributed by atoms with Crippen molar-refractivity contribution in [3.8, 4) is 11.5 Å². The van der Waals surface area contributed by atoms with Crippen molar-refractivity contribution < 1.29 is 18.7 Å². The van der Waals surface area contributed by atoms with Crippen LogP contribution in [0, 0.1) is 5.82 Å². The molecule has 6 nitrogen and oxygen atoms in total. The number of hydrogen-bond acceptors (Lipinski definition) is 4. The first-order chi connectivity index (χ1) is 9.90. The van der Waals surface area contributed by atoms with E-state index in [-0.39, 0.29) is 28.3 Å². The average Bonchev–Trinajstić information content (AvgIpc) is 2.40. The van der Waals surface area contributed by atoms with Gasteiger partial charge in [0.15, 0.2) is 0 Å². The van der Waals surface area contributed by atoms with Gasteiger partial charge in [-0.2, -0.15) is 0 Å². The van der Waals surface area contributed by atoms with Crippen molar-refractivity contribution in [1.29, 1.82) is 0 Å². The van der Waals surface area contributed by atoms with Gasteiger partial charge in [-0.1, -0.05) is 6.07 Å². The quantitative estimate of drug-likeness (QED) is 0.736. The van der Waals surface area contributed by atoms with Crippen LogP contribution in [0.25, 0.3) is 0 Å². The van der Waals surface area contributed by atoms with Gasteiger partial charge in [0, 0.05) is 5.56 Å². The minimum Gasteiger partial charge on any atom is -0.454 e. The Balaban J connectivity index is 2.42. The topological polar surface area (TPSA) is 121 Å². The first-order valence-electron chi connectivity index (χ1n) is 5.85. The average molecular weight is 289 g/mol. The molecule has 0 bridgehead atoms. The molecular weight excluding hydrogens is 277 g/mol. The van der Waals surface area contributed by atoms with Gasteiger partial charge < -0.3 is 21.9 Å². The number of anilines is 1. The largest absolute Gasteiger partial charge is 0.454 e. The molecule has 0 unspecified atom stereocenters. The first-order valence-corrected chi connectivity index (χ1v) is 5.85. The fourth-order valence-corrected chi connectivity index (χ4v) is 1.74. The standard InChI is InChI=1S/C14H12FN3O3/c15-8-2-1-3-11(12(8)14(18)20)21-10-5-4-7(13(17)19)6-9(10)16/h1-6H,16H2,(H2,17,19)(H2,18,20). The second-order valence-electron chi connectivity index (χ2n) is 4.20. The van der Waals surface area contributed by atoms with Crippen LogP contribution in [-0.4, -0.2) is 11.8 Å². The van der Waals surface area contributed by atoms with Gasteiger partial charge in [-0.25, -0.2) is 4.39 Å². The molecule has 0 spiro atoms. The summed E-state index contributed by atoms with van der Waals surface area (Å²) in [5.74, 6) is -2.33. The molecule has 0 aromatic heterocycles. The molecule has 2 aromatic rings. The molecule has 2 rings (SSSR count). The Labute approximate surface area is 119 Å². The van der Waals surface area contributed by atoms with Crippen molar-refractivity contribution >= 4 is 17.5 Å². The highest BCUT2D eigenvalue weighted by Crippen LogP contribution is 2.31. The smallest absolute Gasteiger partial charge is 0.255 e. The predicted molar refractivity (Wildman–Crippen MR) is 74.4 cm³/mol. The molecule has 21 heavy (non-hydrogen) atoms. The van der Waals surface area contributed by atoms with Crippen molar-refractivity contribution in [1.82, 2.24) is 0 Å². The highest BCUT2D eigenvalue weighted by atomic mass is 19.1. The van der Waals surface area contributed by atoms with E-state index >= 15 is 0 Å². The highest BCUT2D eigenvalue weighted by molar-refractivity contribution is 5.96. The van der Waals surface area contributed by atoms with Gasteiger partial charge in [0.2, 0.25) is 5.91 Å². The molecule has 2 amide bonds. The number of carbonyl (C=O) groups is 2. The summed E-state index contributed by atoms with van der Waals surface area (Å²) in [5, 5.41) is 0. The second-order valence-corrected chi connectivity index (χ2v) is 4.20. The summed E-state index contributed by atoms with van der Waals surface area (Å²) in [6.07, 6.45) is 0. The zero-order chi connectivity index (χ0) is 15.6. The lowest BCUT2D eigenvalue weighted by molar-refractivity contribution is 0.0988. The van der Waals surface area contributed by atoms with Gasteiger partial charge in [0.05, 0.1) is 5.69 Å². The third kappa shape index (κ3) is 2.92. The van der Waals surface area contributed by atoms with Gasteiger partial charge in [0.25, 0.3) is 5.91 Å². The van der Waals surface area contributed by atoms with Crippen molar-refractivity contribution in [2.24, 2.45) is 11.5 Å². The van der Waals surface area contributed by atoms with Crippen molar-refractivity contribution in [3.63, 3.8) is 0 Å². The Bertz CT molecular complexity index is 731. The molecular formula is C14H12FN3O3. The lowest BCUT2D eigenvalue weighted by Crippen LogP contribution is -2.14. The summed E-state index contributed by atoms with van der Waals surface area (Å²) in [6.45, 7) is 0. The normalized spacial score (nSPS) is 10.1. The Morgan fingerprint density at radius 1 is 1.00 bits per heavy atom. The summed E-state index contributed by atoms with van der Waals surface area (Å²) in [4.78, 5) is 22.3. The zero-order valence-corrected chi connectivity index (χ0v) is 10.8. The van der Waals surface area contributed by atoms with Gasteiger partial charge in [-0.05, 0) is 30.3 Å². The van der Waals surface area contributed by atoms with Crippen LogP contribution >= 0.6 is 0 Å². The third-order valence-corrected chi connectivity index (χ3v) is 2.74. The van der Waals surface area contributed by atoms with Crippen molar-refractivity contribution in [2.45, 2.75) is 0 Å². The van der Waals surface area contributed by atoms with E-state index in [4.69, 9.17) is 21.9 Å². The Hall–Kier alpha value is -3.09. The van der Waals surface area contributed by atoms with E-state index < -0.39 is 17.6 Å². The molecule has 0 saturated heterocycles. The van der Waals surface area contributed by atoms with E-state index in [2.05, 4.69) is 0 Å². The molecule has 6 N–H and O–H groups in total. The molecule has 0 saturated carbocycles. The molecule has 108 valence electrons. The lowest BCUT2D eigenvalue weighted by Gasteiger charge is -2.12. The Morgan fingerprint density at radius 2 is 1.71 bits per heavy atom. The highest BCUT2D eigenvalue weighted by Gasteiger charge is 2.16. The molecule has 0 radical (unpaired) electrons. The molecule has 0 aliphatic heterocycles. The third-order valence-electron chi connectivity index (χ3n) is 2.74. The maximum Gasteiger partial charge on any atom is 0.255 e. The SMILES string of the molecule is NC(=O)c1ccc(Oc2cccc(F)c2C(N)=O)c(N)c1. The molecule has 0 atom stereocenters. The lowest BCUT2D eigenvalue weighted by atomic mass is 10.1. The Morgan fingerprint density at radius 3 is 2.29 bits per heavy atom. The molecule has 2 aromatic carbocycles. The zero-order valence-electron chi connectivity index (χ0n) is 10.8. The van der Waals surface area contributed by atoms with E-state index in [9.17, 15) is 14.0 Å². The summed E-state index contributed by atoms with van der Waals surface area (Å²) in [7, 11) is 0. The van der Waals surface area contributed by atoms with Gasteiger partial charge in [-0.3, -0.25) is 9.59 Å². The molecule has 0 aliphatic carbocycles. The van der Waals surface area contributed by atoms with E-state index in [1.54, 1.807) is 0 Å². The van der Waals surface area contributed by atoms with E-state index in [0.29, 0.717) is 0 Å². The van der Waals surface area contributed by atoms with Crippen LogP contribution < -0.4 is 21.9 Å². The summed E-state index contributed by atoms with van der Waals surface area (Å²) < 4.78 is 19.0. The molecule has 0 heterocycles. The molecule has 7 heteroatoms. The van der Waals surface area contributed by atoms with Gasteiger partial charge >= 0.3 is 0 Å².